The molecule has 2 heterocycles. The van der Waals surface area contributed by atoms with E-state index in [-0.39, 0.29) is 16.8 Å². The van der Waals surface area contributed by atoms with Gasteiger partial charge in [-0.1, -0.05) is 30.3 Å². The average molecular weight is 398 g/mol. The van der Waals surface area contributed by atoms with E-state index in [4.69, 9.17) is 4.74 Å². The summed E-state index contributed by atoms with van der Waals surface area (Å²) in [5.41, 5.74) is 0.791. The molecule has 0 saturated carbocycles. The van der Waals surface area contributed by atoms with Gasteiger partial charge in [-0.3, -0.25) is 0 Å². The monoisotopic (exact) mass is 398 g/mol. The molecule has 0 bridgehead atoms. The van der Waals surface area contributed by atoms with Crippen LogP contribution in [-0.4, -0.2) is 24.3 Å². The zero-order chi connectivity index (χ0) is 19.6. The summed E-state index contributed by atoms with van der Waals surface area (Å²) < 4.78 is 46.5. The van der Waals surface area contributed by atoms with Crippen LogP contribution >= 0.6 is 0 Å². The Labute approximate surface area is 163 Å². The normalized spacial score (nSPS) is 17.5. The first-order valence-corrected chi connectivity index (χ1v) is 10.4. The summed E-state index contributed by atoms with van der Waals surface area (Å²) in [5, 5.41) is 0. The van der Waals surface area contributed by atoms with E-state index < -0.39 is 10.0 Å². The third kappa shape index (κ3) is 3.76. The lowest BCUT2D eigenvalue weighted by molar-refractivity contribution is 0.396. The molecule has 2 aromatic carbocycles. The number of rotatable bonds is 5. The predicted octanol–water partition coefficient (Wildman–Crippen LogP) is 4.54. The zero-order valence-corrected chi connectivity index (χ0v) is 15.8. The Morgan fingerprint density at radius 2 is 1.75 bits per heavy atom. The second-order valence-electron chi connectivity index (χ2n) is 6.57. The van der Waals surface area contributed by atoms with Crippen LogP contribution in [-0.2, 0) is 10.0 Å². The van der Waals surface area contributed by atoms with Crippen molar-refractivity contribution in [3.63, 3.8) is 0 Å². The molecule has 0 spiro atoms. The smallest absolute Gasteiger partial charge is 0.245 e. The van der Waals surface area contributed by atoms with E-state index in [1.54, 1.807) is 30.3 Å². The number of benzene rings is 2. The topological polar surface area (TPSA) is 59.5 Å². The van der Waals surface area contributed by atoms with E-state index >= 15 is 0 Å². The molecular weight excluding hydrogens is 379 g/mol. The Balaban J connectivity index is 1.56. The van der Waals surface area contributed by atoms with Gasteiger partial charge in [-0.15, -0.1) is 0 Å². The minimum atomic E-state index is -3.71. The van der Waals surface area contributed by atoms with Crippen LogP contribution in [0.25, 0.3) is 0 Å². The van der Waals surface area contributed by atoms with Gasteiger partial charge in [0.25, 0.3) is 0 Å². The molecular formula is C21H19FN2O3S. The molecule has 4 rings (SSSR count). The molecule has 1 aromatic heterocycles. The van der Waals surface area contributed by atoms with Gasteiger partial charge in [-0.05, 0) is 48.7 Å². The molecule has 5 nitrogen and oxygen atoms in total. The van der Waals surface area contributed by atoms with Crippen LogP contribution in [0.1, 0.15) is 24.4 Å². The molecule has 1 fully saturated rings. The maximum absolute atomic E-state index is 13.2. The summed E-state index contributed by atoms with van der Waals surface area (Å²) in [5.74, 6) is 0.609. The fraction of sp³-hybridized carbons (Fsp3) is 0.190. The van der Waals surface area contributed by atoms with Crippen LogP contribution in [0.2, 0.25) is 0 Å². The lowest BCUT2D eigenvalue weighted by atomic mass is 10.1. The summed E-state index contributed by atoms with van der Waals surface area (Å²) in [7, 11) is -3.71. The molecule has 1 atom stereocenters. The average Bonchev–Trinajstić information content (AvgIpc) is 3.21. The molecule has 0 radical (unpaired) electrons. The zero-order valence-electron chi connectivity index (χ0n) is 15.0. The summed E-state index contributed by atoms with van der Waals surface area (Å²) in [6, 6.07) is 17.9. The number of para-hydroxylation sites is 1. The number of aromatic nitrogens is 1. The molecule has 3 aromatic rings. The highest BCUT2D eigenvalue weighted by Crippen LogP contribution is 2.36. The number of halogens is 1. The van der Waals surface area contributed by atoms with Crippen LogP contribution in [0.4, 0.5) is 4.39 Å². The lowest BCUT2D eigenvalue weighted by Crippen LogP contribution is -2.30. The number of hydrogen-bond acceptors (Lipinski definition) is 4. The second kappa shape index (κ2) is 7.69. The number of sulfonamides is 1. The van der Waals surface area contributed by atoms with Gasteiger partial charge in [-0.2, -0.15) is 4.31 Å². The van der Waals surface area contributed by atoms with Crippen molar-refractivity contribution in [2.24, 2.45) is 0 Å². The van der Waals surface area contributed by atoms with Gasteiger partial charge in [0, 0.05) is 12.6 Å². The molecule has 1 saturated heterocycles. The van der Waals surface area contributed by atoms with Crippen LogP contribution in [0.5, 0.6) is 11.6 Å². The molecule has 144 valence electrons. The highest BCUT2D eigenvalue weighted by molar-refractivity contribution is 7.89. The number of ether oxygens (including phenoxy) is 1. The number of nitrogens with zero attached hydrogens (tertiary/aromatic N) is 2. The van der Waals surface area contributed by atoms with Crippen LogP contribution < -0.4 is 4.74 Å². The first kappa shape index (κ1) is 18.6. The molecule has 1 aliphatic rings. The van der Waals surface area contributed by atoms with Gasteiger partial charge in [0.05, 0.1) is 12.2 Å². The van der Waals surface area contributed by atoms with Crippen molar-refractivity contribution in [2.45, 2.75) is 23.8 Å². The summed E-state index contributed by atoms with van der Waals surface area (Å²) in [6.45, 7) is 0.423. The largest absolute Gasteiger partial charge is 0.439 e. The predicted molar refractivity (Wildman–Crippen MR) is 103 cm³/mol. The van der Waals surface area contributed by atoms with E-state index in [9.17, 15) is 12.8 Å². The van der Waals surface area contributed by atoms with E-state index in [0.717, 1.165) is 12.0 Å². The fourth-order valence-corrected chi connectivity index (χ4v) is 5.00. The van der Waals surface area contributed by atoms with Crippen molar-refractivity contribution in [1.29, 1.82) is 0 Å². The Morgan fingerprint density at radius 3 is 2.43 bits per heavy atom. The molecule has 1 unspecified atom stereocenters. The minimum absolute atomic E-state index is 0.113. The third-order valence-electron chi connectivity index (χ3n) is 4.74. The van der Waals surface area contributed by atoms with Crippen LogP contribution in [0.3, 0.4) is 0 Å². The summed E-state index contributed by atoms with van der Waals surface area (Å²) in [4.78, 5) is 4.26. The van der Waals surface area contributed by atoms with Gasteiger partial charge in [0.15, 0.2) is 0 Å². The van der Waals surface area contributed by atoms with E-state index in [2.05, 4.69) is 4.98 Å². The van der Waals surface area contributed by atoms with Crippen molar-refractivity contribution in [1.82, 2.24) is 9.29 Å². The molecule has 1 aliphatic heterocycles. The highest BCUT2D eigenvalue weighted by Gasteiger charge is 2.36. The third-order valence-corrected chi connectivity index (χ3v) is 6.63. The highest BCUT2D eigenvalue weighted by atomic mass is 32.2. The lowest BCUT2D eigenvalue weighted by Gasteiger charge is -2.24. The number of pyridine rings is 1. The van der Waals surface area contributed by atoms with Crippen molar-refractivity contribution in [2.75, 3.05) is 6.54 Å². The van der Waals surface area contributed by atoms with E-state index in [1.165, 1.54) is 28.7 Å². The first-order chi connectivity index (χ1) is 13.5. The Hall–Kier alpha value is -2.77. The van der Waals surface area contributed by atoms with Gasteiger partial charge in [0.1, 0.15) is 16.5 Å². The van der Waals surface area contributed by atoms with Crippen molar-refractivity contribution in [3.05, 3.63) is 84.3 Å². The standard InChI is InChI=1S/C21H19FN2O3S/c22-17-10-8-16(9-11-17)20-7-4-14-24(20)28(25,26)19-12-13-21(23-15-19)27-18-5-2-1-3-6-18/h1-3,5-6,8-13,15,20H,4,7,14H2. The van der Waals surface area contributed by atoms with Crippen molar-refractivity contribution in [3.8, 4) is 11.6 Å². The SMILES string of the molecule is O=S(=O)(c1ccc(Oc2ccccc2)nc1)N1CCCC1c1ccc(F)cc1. The van der Waals surface area contributed by atoms with E-state index in [0.29, 0.717) is 24.6 Å². The van der Waals surface area contributed by atoms with Crippen molar-refractivity contribution >= 4 is 10.0 Å². The van der Waals surface area contributed by atoms with Gasteiger partial charge >= 0.3 is 0 Å². The molecule has 7 heteroatoms. The Morgan fingerprint density at radius 1 is 1.00 bits per heavy atom. The number of hydrogen-bond donors (Lipinski definition) is 0. The van der Waals surface area contributed by atoms with Crippen LogP contribution in [0, 0.1) is 5.82 Å². The minimum Gasteiger partial charge on any atom is -0.439 e. The molecule has 28 heavy (non-hydrogen) atoms. The van der Waals surface area contributed by atoms with Gasteiger partial charge < -0.3 is 4.74 Å². The molecule has 0 amide bonds. The van der Waals surface area contributed by atoms with Crippen LogP contribution in [0.15, 0.2) is 77.8 Å². The van der Waals surface area contributed by atoms with Gasteiger partial charge in [0.2, 0.25) is 15.9 Å². The fourth-order valence-electron chi connectivity index (χ4n) is 3.37. The summed E-state index contributed by atoms with van der Waals surface area (Å²) in [6.07, 6.45) is 2.77. The summed E-state index contributed by atoms with van der Waals surface area (Å²) >= 11 is 0. The maximum Gasteiger partial charge on any atom is 0.245 e. The van der Waals surface area contributed by atoms with E-state index in [1.807, 2.05) is 18.2 Å². The maximum atomic E-state index is 13.2. The molecule has 0 N–H and O–H groups in total. The Kier molecular flexibility index (Phi) is 5.11. The quantitative estimate of drug-likeness (QED) is 0.633. The second-order valence-corrected chi connectivity index (χ2v) is 8.46. The Bertz CT molecular complexity index is 1040. The van der Waals surface area contributed by atoms with Crippen molar-refractivity contribution < 1.29 is 17.5 Å². The van der Waals surface area contributed by atoms with Gasteiger partial charge in [-0.25, -0.2) is 17.8 Å². The first-order valence-electron chi connectivity index (χ1n) is 9.00. The molecule has 0 aliphatic carbocycles.